The average molecular weight is 1050 g/mol. The van der Waals surface area contributed by atoms with E-state index in [-0.39, 0.29) is 0 Å². The maximum atomic E-state index is 6.47. The van der Waals surface area contributed by atoms with Crippen LogP contribution in [-0.4, -0.2) is 0 Å². The lowest BCUT2D eigenvalue weighted by molar-refractivity contribution is 0.668. The highest BCUT2D eigenvalue weighted by Crippen LogP contribution is 2.50. The quantitative estimate of drug-likeness (QED) is 0.101. The summed E-state index contributed by atoms with van der Waals surface area (Å²) in [6, 6.07) is 81.3. The molecule has 0 aliphatic rings. The second kappa shape index (κ2) is 19.4. The van der Waals surface area contributed by atoms with E-state index in [0.29, 0.717) is 0 Å². The molecular weight excluding hydrogens is 1000 g/mol. The fourth-order valence-corrected chi connectivity index (χ4v) is 14.0. The van der Waals surface area contributed by atoms with Gasteiger partial charge in [0.15, 0.2) is 0 Å². The smallest absolute Gasteiger partial charge is 0.135 e. The van der Waals surface area contributed by atoms with Crippen LogP contribution in [0.2, 0.25) is 0 Å². The van der Waals surface area contributed by atoms with E-state index < -0.39 is 0 Å². The first kappa shape index (κ1) is 48.1. The van der Waals surface area contributed by atoms with Crippen LogP contribution in [0, 0.1) is 6.92 Å². The van der Waals surface area contributed by atoms with Crippen LogP contribution in [0.5, 0.6) is 0 Å². The van der Waals surface area contributed by atoms with Crippen molar-refractivity contribution in [1.29, 1.82) is 0 Å². The maximum Gasteiger partial charge on any atom is 0.135 e. The van der Waals surface area contributed by atoms with Gasteiger partial charge in [0.25, 0.3) is 0 Å². The first-order chi connectivity index (χ1) is 39.9. The fraction of sp³-hybridized carbons (Fsp3) is 0.0256. The second-order valence-electron chi connectivity index (χ2n) is 21.1. The zero-order valence-electron chi connectivity index (χ0n) is 44.9. The van der Waals surface area contributed by atoms with Gasteiger partial charge in [-0.05, 0) is 185 Å². The predicted molar refractivity (Wildman–Crippen MR) is 349 cm³/mol. The molecule has 0 aliphatic carbocycles. The van der Waals surface area contributed by atoms with Gasteiger partial charge < -0.3 is 8.83 Å². The standard InChI is InChI=1S/C78H52O2S/c1-5-7-25-56-47(3)74(57-26-14-15-27-58(57)75(56)53-34-39-71-66(44-53)64-42-51(32-37-69(64)79-71)49-21-10-8-11-22-49)48(4)78-63(20-6-2)68-46-55(36-41-73(68)81-78)77-61-30-18-16-28-59(61)76(60-29-17-19-31-62(60)77)54-35-40-72-67(45-54)65-43-52(33-38-70(65)80-72)50-23-12-9-13-24-50/h5-46H,1,4H2,2-3H3/b20-6-,25-7-. The highest BCUT2D eigenvalue weighted by molar-refractivity contribution is 7.20. The molecule has 0 spiro atoms. The zero-order valence-corrected chi connectivity index (χ0v) is 45.7. The van der Waals surface area contributed by atoms with Gasteiger partial charge in [0.05, 0.1) is 0 Å². The van der Waals surface area contributed by atoms with Crippen molar-refractivity contribution in [3.05, 3.63) is 283 Å². The van der Waals surface area contributed by atoms with E-state index in [1.165, 1.54) is 76.1 Å². The molecule has 2 nitrogen and oxygen atoms in total. The van der Waals surface area contributed by atoms with E-state index in [2.05, 4.69) is 269 Å². The Morgan fingerprint density at radius 2 is 0.778 bits per heavy atom. The Morgan fingerprint density at radius 1 is 0.383 bits per heavy atom. The molecular formula is C78H52O2S. The summed E-state index contributed by atoms with van der Waals surface area (Å²) in [6.07, 6.45) is 10.6. The van der Waals surface area contributed by atoms with Crippen LogP contribution in [0.3, 0.4) is 0 Å². The first-order valence-corrected chi connectivity index (χ1v) is 28.5. The van der Waals surface area contributed by atoms with Crippen LogP contribution in [0.25, 0.3) is 160 Å². The number of hydrogen-bond acceptors (Lipinski definition) is 3. The van der Waals surface area contributed by atoms with Crippen molar-refractivity contribution in [3.63, 3.8) is 0 Å². The number of thiophene rings is 1. The Labute approximate surface area is 473 Å². The molecule has 15 aromatic rings. The van der Waals surface area contributed by atoms with E-state index in [0.717, 1.165) is 98.5 Å². The van der Waals surface area contributed by atoms with Crippen molar-refractivity contribution < 1.29 is 8.83 Å². The third-order valence-corrected chi connectivity index (χ3v) is 17.7. The molecule has 0 bridgehead atoms. The van der Waals surface area contributed by atoms with Crippen LogP contribution >= 0.6 is 11.3 Å². The number of fused-ring (bicyclic) bond motifs is 10. The summed E-state index contributed by atoms with van der Waals surface area (Å²) in [4.78, 5) is 1.16. The molecule has 0 fully saturated rings. The van der Waals surface area contributed by atoms with E-state index in [1.54, 1.807) is 0 Å². The average Bonchev–Trinajstić information content (AvgIpc) is 4.04. The van der Waals surface area contributed by atoms with Gasteiger partial charge in [-0.1, -0.05) is 207 Å². The van der Waals surface area contributed by atoms with E-state index in [9.17, 15) is 0 Å². The van der Waals surface area contributed by atoms with E-state index >= 15 is 0 Å². The third kappa shape index (κ3) is 7.84. The van der Waals surface area contributed by atoms with Gasteiger partial charge in [-0.15, -0.1) is 11.3 Å². The minimum Gasteiger partial charge on any atom is -0.456 e. The molecule has 3 aromatic heterocycles. The molecule has 0 saturated carbocycles. The summed E-state index contributed by atoms with van der Waals surface area (Å²) in [7, 11) is 0. The van der Waals surface area contributed by atoms with Crippen molar-refractivity contribution in [1.82, 2.24) is 0 Å². The van der Waals surface area contributed by atoms with Crippen molar-refractivity contribution in [2.45, 2.75) is 13.8 Å². The SMILES string of the molecule is C=C/C=C\c1c(C)c(C(=C)c2sc3ccc(-c4c5ccccc5c(-c5ccc6oc7ccc(-c8ccccc8)cc7c6c5)c5ccccc45)cc3c2/C=C\C)c2ccccc2c1-c1ccc2oc3ccc(-c4ccccc4)cc3c2c1. The van der Waals surface area contributed by atoms with Gasteiger partial charge in [0.2, 0.25) is 0 Å². The summed E-state index contributed by atoms with van der Waals surface area (Å²) < 4.78 is 14.2. The van der Waals surface area contributed by atoms with E-state index in [4.69, 9.17) is 15.4 Å². The number of allylic oxidation sites excluding steroid dienone is 3. The van der Waals surface area contributed by atoms with Crippen LogP contribution in [0.1, 0.15) is 34.1 Å². The Balaban J connectivity index is 0.872. The first-order valence-electron chi connectivity index (χ1n) is 27.6. The van der Waals surface area contributed by atoms with Crippen LogP contribution in [0.15, 0.2) is 265 Å². The summed E-state index contributed by atoms with van der Waals surface area (Å²) in [5.41, 5.74) is 20.9. The van der Waals surface area contributed by atoms with Crippen molar-refractivity contribution in [2.24, 2.45) is 0 Å². The summed E-state index contributed by atoms with van der Waals surface area (Å²) >= 11 is 1.82. The summed E-state index contributed by atoms with van der Waals surface area (Å²) in [5, 5.41) is 12.8. The van der Waals surface area contributed by atoms with Gasteiger partial charge in [-0.25, -0.2) is 0 Å². The van der Waals surface area contributed by atoms with Crippen LogP contribution in [0.4, 0.5) is 0 Å². The Hall–Kier alpha value is -10.1. The van der Waals surface area contributed by atoms with Gasteiger partial charge in [0, 0.05) is 42.1 Å². The lowest BCUT2D eigenvalue weighted by atomic mass is 9.83. The number of benzene rings is 12. The lowest BCUT2D eigenvalue weighted by Crippen LogP contribution is -1.99. The normalized spacial score (nSPS) is 12.1. The Morgan fingerprint density at radius 3 is 1.25 bits per heavy atom. The zero-order chi connectivity index (χ0) is 54.3. The molecule has 0 atom stereocenters. The lowest BCUT2D eigenvalue weighted by Gasteiger charge is -2.21. The second-order valence-corrected chi connectivity index (χ2v) is 22.1. The fourth-order valence-electron chi connectivity index (χ4n) is 12.8. The molecule has 81 heavy (non-hydrogen) atoms. The predicted octanol–water partition coefficient (Wildman–Crippen LogP) is 23.1. The number of rotatable bonds is 10. The minimum absolute atomic E-state index is 0.867. The summed E-state index contributed by atoms with van der Waals surface area (Å²) in [6.45, 7) is 13.5. The molecule has 15 rings (SSSR count). The number of furan rings is 2. The minimum atomic E-state index is 0.867. The monoisotopic (exact) mass is 1050 g/mol. The van der Waals surface area contributed by atoms with Gasteiger partial charge in [-0.2, -0.15) is 0 Å². The van der Waals surface area contributed by atoms with Crippen molar-refractivity contribution in [2.75, 3.05) is 0 Å². The highest BCUT2D eigenvalue weighted by atomic mass is 32.1. The van der Waals surface area contributed by atoms with Crippen LogP contribution in [-0.2, 0) is 0 Å². The number of hydrogen-bond donors (Lipinski definition) is 0. The topological polar surface area (TPSA) is 26.3 Å². The molecule has 0 N–H and O–H groups in total. The molecule has 3 heteroatoms. The van der Waals surface area contributed by atoms with Gasteiger partial charge in [-0.3, -0.25) is 0 Å². The van der Waals surface area contributed by atoms with Crippen molar-refractivity contribution >= 4 is 115 Å². The van der Waals surface area contributed by atoms with Gasteiger partial charge in [0.1, 0.15) is 22.3 Å². The molecule has 382 valence electrons. The van der Waals surface area contributed by atoms with E-state index in [1.807, 2.05) is 17.4 Å². The maximum absolute atomic E-state index is 6.47. The summed E-state index contributed by atoms with van der Waals surface area (Å²) in [5.74, 6) is 0. The third-order valence-electron chi connectivity index (χ3n) is 16.5. The molecule has 0 saturated heterocycles. The molecule has 0 radical (unpaired) electrons. The molecule has 0 amide bonds. The van der Waals surface area contributed by atoms with Crippen LogP contribution < -0.4 is 0 Å². The molecule has 0 unspecified atom stereocenters. The van der Waals surface area contributed by atoms with Gasteiger partial charge >= 0.3 is 0 Å². The largest absolute Gasteiger partial charge is 0.456 e. The molecule has 0 aliphatic heterocycles. The van der Waals surface area contributed by atoms with Crippen molar-refractivity contribution in [3.8, 4) is 55.6 Å². The molecule has 3 heterocycles. The Kier molecular flexibility index (Phi) is 11.5. The Bertz CT molecular complexity index is 5100. The highest BCUT2D eigenvalue weighted by Gasteiger charge is 2.25. The molecule has 12 aromatic carbocycles.